The van der Waals surface area contributed by atoms with Crippen molar-refractivity contribution in [1.82, 2.24) is 5.32 Å². The quantitative estimate of drug-likeness (QED) is 0.724. The third-order valence-electron chi connectivity index (χ3n) is 1.94. The highest BCUT2D eigenvalue weighted by atomic mass is 35.5. The Labute approximate surface area is 114 Å². The SMILES string of the molecule is CCSc1ccc(Cl)cc1NCC(=O)NC(N)=O. The number of nitrogens with two attached hydrogens (primary N) is 1. The smallest absolute Gasteiger partial charge is 0.318 e. The highest BCUT2D eigenvalue weighted by Crippen LogP contribution is 2.29. The van der Waals surface area contributed by atoms with Crippen LogP contribution in [-0.2, 0) is 4.79 Å². The van der Waals surface area contributed by atoms with E-state index in [9.17, 15) is 9.59 Å². The second-order valence-corrected chi connectivity index (χ2v) is 5.08. The van der Waals surface area contributed by atoms with Gasteiger partial charge in [0.25, 0.3) is 0 Å². The first-order valence-electron chi connectivity index (χ1n) is 5.28. The van der Waals surface area contributed by atoms with Crippen LogP contribution in [0.5, 0.6) is 0 Å². The van der Waals surface area contributed by atoms with E-state index in [1.54, 1.807) is 23.9 Å². The molecule has 0 bridgehead atoms. The molecule has 4 N–H and O–H groups in total. The summed E-state index contributed by atoms with van der Waals surface area (Å²) in [5, 5.41) is 5.47. The standard InChI is InChI=1S/C11H14ClN3O2S/c1-2-18-9-4-3-7(12)5-8(9)14-6-10(16)15-11(13)17/h3-5,14H,2,6H2,1H3,(H3,13,15,16,17). The lowest BCUT2D eigenvalue weighted by atomic mass is 10.3. The lowest BCUT2D eigenvalue weighted by Crippen LogP contribution is -2.38. The summed E-state index contributed by atoms with van der Waals surface area (Å²) in [5.41, 5.74) is 5.60. The Morgan fingerprint density at radius 3 is 2.78 bits per heavy atom. The van der Waals surface area contributed by atoms with Crippen molar-refractivity contribution in [1.29, 1.82) is 0 Å². The second-order valence-electron chi connectivity index (χ2n) is 3.34. The molecule has 5 nitrogen and oxygen atoms in total. The van der Waals surface area contributed by atoms with Gasteiger partial charge in [-0.3, -0.25) is 10.1 Å². The summed E-state index contributed by atoms with van der Waals surface area (Å²) in [6, 6.07) is 4.53. The molecule has 1 aromatic rings. The van der Waals surface area contributed by atoms with E-state index >= 15 is 0 Å². The zero-order valence-electron chi connectivity index (χ0n) is 9.83. The van der Waals surface area contributed by atoms with Gasteiger partial charge >= 0.3 is 6.03 Å². The van der Waals surface area contributed by atoms with Crippen LogP contribution < -0.4 is 16.4 Å². The number of anilines is 1. The van der Waals surface area contributed by atoms with Crippen molar-refractivity contribution in [2.45, 2.75) is 11.8 Å². The van der Waals surface area contributed by atoms with Gasteiger partial charge in [-0.2, -0.15) is 0 Å². The van der Waals surface area contributed by atoms with Crippen LogP contribution in [-0.4, -0.2) is 24.2 Å². The summed E-state index contributed by atoms with van der Waals surface area (Å²) in [6.07, 6.45) is 0. The number of imide groups is 1. The Morgan fingerprint density at radius 1 is 1.44 bits per heavy atom. The number of amides is 3. The van der Waals surface area contributed by atoms with Crippen molar-refractivity contribution in [2.75, 3.05) is 17.6 Å². The monoisotopic (exact) mass is 287 g/mol. The average Bonchev–Trinajstić information content (AvgIpc) is 2.29. The molecule has 0 fully saturated rings. The third kappa shape index (κ3) is 4.85. The molecule has 0 aliphatic carbocycles. The van der Waals surface area contributed by atoms with Crippen LogP contribution in [0.1, 0.15) is 6.92 Å². The number of hydrogen-bond donors (Lipinski definition) is 3. The van der Waals surface area contributed by atoms with Crippen molar-refractivity contribution < 1.29 is 9.59 Å². The van der Waals surface area contributed by atoms with Crippen molar-refractivity contribution in [3.8, 4) is 0 Å². The fourth-order valence-corrected chi connectivity index (χ4v) is 2.21. The fraction of sp³-hybridized carbons (Fsp3) is 0.273. The van der Waals surface area contributed by atoms with Crippen molar-refractivity contribution in [3.05, 3.63) is 23.2 Å². The molecule has 0 radical (unpaired) electrons. The molecule has 0 saturated carbocycles. The van der Waals surface area contributed by atoms with E-state index in [1.807, 2.05) is 18.3 Å². The van der Waals surface area contributed by atoms with E-state index in [1.165, 1.54) is 0 Å². The number of halogens is 1. The summed E-state index contributed by atoms with van der Waals surface area (Å²) < 4.78 is 0. The topological polar surface area (TPSA) is 84.2 Å². The van der Waals surface area contributed by atoms with Crippen molar-refractivity contribution >= 4 is 41.0 Å². The van der Waals surface area contributed by atoms with Gasteiger partial charge in [-0.1, -0.05) is 18.5 Å². The van der Waals surface area contributed by atoms with Crippen LogP contribution >= 0.6 is 23.4 Å². The molecular weight excluding hydrogens is 274 g/mol. The van der Waals surface area contributed by atoms with Gasteiger partial charge in [0.1, 0.15) is 0 Å². The predicted molar refractivity (Wildman–Crippen MR) is 74.1 cm³/mol. The number of nitrogens with one attached hydrogen (secondary N) is 2. The maximum Gasteiger partial charge on any atom is 0.318 e. The molecule has 3 amide bonds. The zero-order chi connectivity index (χ0) is 13.5. The molecule has 0 aromatic heterocycles. The Balaban J connectivity index is 2.67. The maximum absolute atomic E-state index is 11.3. The fourth-order valence-electron chi connectivity index (χ4n) is 1.28. The lowest BCUT2D eigenvalue weighted by molar-refractivity contribution is -0.118. The highest BCUT2D eigenvalue weighted by molar-refractivity contribution is 7.99. The van der Waals surface area contributed by atoms with E-state index in [0.717, 1.165) is 16.3 Å². The highest BCUT2D eigenvalue weighted by Gasteiger charge is 2.07. The van der Waals surface area contributed by atoms with Crippen LogP contribution in [0.2, 0.25) is 5.02 Å². The summed E-state index contributed by atoms with van der Waals surface area (Å²) in [4.78, 5) is 22.7. The van der Waals surface area contributed by atoms with Crippen LogP contribution in [0.15, 0.2) is 23.1 Å². The molecule has 0 aliphatic heterocycles. The molecular formula is C11H14ClN3O2S. The van der Waals surface area contributed by atoms with Gasteiger partial charge in [-0.15, -0.1) is 11.8 Å². The number of carbonyl (C=O) groups excluding carboxylic acids is 2. The molecule has 1 aromatic carbocycles. The lowest BCUT2D eigenvalue weighted by Gasteiger charge is -2.11. The Kier molecular flexibility index (Phi) is 5.80. The van der Waals surface area contributed by atoms with E-state index in [-0.39, 0.29) is 6.54 Å². The normalized spacial score (nSPS) is 9.89. The number of benzene rings is 1. The van der Waals surface area contributed by atoms with Gasteiger partial charge in [-0.25, -0.2) is 4.79 Å². The zero-order valence-corrected chi connectivity index (χ0v) is 11.4. The molecule has 1 rings (SSSR count). The van der Waals surface area contributed by atoms with Gasteiger partial charge in [0.15, 0.2) is 0 Å². The van der Waals surface area contributed by atoms with Crippen molar-refractivity contribution in [2.24, 2.45) is 5.73 Å². The number of rotatable bonds is 5. The first kappa shape index (κ1) is 14.7. The van der Waals surface area contributed by atoms with E-state index in [4.69, 9.17) is 17.3 Å². The molecule has 18 heavy (non-hydrogen) atoms. The van der Waals surface area contributed by atoms with Gasteiger partial charge in [0.2, 0.25) is 5.91 Å². The Morgan fingerprint density at radius 2 is 2.17 bits per heavy atom. The first-order chi connectivity index (χ1) is 8.52. The molecule has 0 spiro atoms. The van der Waals surface area contributed by atoms with Crippen LogP contribution in [0, 0.1) is 0 Å². The summed E-state index contributed by atoms with van der Waals surface area (Å²) >= 11 is 7.52. The summed E-state index contributed by atoms with van der Waals surface area (Å²) in [5.74, 6) is 0.416. The van der Waals surface area contributed by atoms with Crippen molar-refractivity contribution in [3.63, 3.8) is 0 Å². The van der Waals surface area contributed by atoms with Crippen LogP contribution in [0.4, 0.5) is 10.5 Å². The minimum atomic E-state index is -0.865. The van der Waals surface area contributed by atoms with E-state index in [0.29, 0.717) is 5.02 Å². The second kappa shape index (κ2) is 7.13. The van der Waals surface area contributed by atoms with E-state index in [2.05, 4.69) is 5.32 Å². The molecule has 0 saturated heterocycles. The number of hydrogen-bond acceptors (Lipinski definition) is 4. The Bertz CT molecular complexity index is 454. The number of urea groups is 1. The minimum absolute atomic E-state index is 0.0411. The molecule has 7 heteroatoms. The summed E-state index contributed by atoms with van der Waals surface area (Å²) in [7, 11) is 0. The van der Waals surface area contributed by atoms with Gasteiger partial charge in [-0.05, 0) is 24.0 Å². The number of carbonyl (C=O) groups is 2. The van der Waals surface area contributed by atoms with Gasteiger partial charge < -0.3 is 11.1 Å². The average molecular weight is 288 g/mol. The van der Waals surface area contributed by atoms with Gasteiger partial charge in [0.05, 0.1) is 6.54 Å². The number of primary amides is 1. The van der Waals surface area contributed by atoms with Crippen LogP contribution in [0.3, 0.4) is 0 Å². The number of thioether (sulfide) groups is 1. The summed E-state index contributed by atoms with van der Waals surface area (Å²) in [6.45, 7) is 1.99. The Hall–Kier alpha value is -1.40. The molecule has 0 aliphatic rings. The first-order valence-corrected chi connectivity index (χ1v) is 6.64. The minimum Gasteiger partial charge on any atom is -0.375 e. The predicted octanol–water partition coefficient (Wildman–Crippen LogP) is 2.06. The van der Waals surface area contributed by atoms with Gasteiger partial charge in [0, 0.05) is 15.6 Å². The molecule has 0 atom stereocenters. The third-order valence-corrected chi connectivity index (χ3v) is 3.13. The van der Waals surface area contributed by atoms with Crippen LogP contribution in [0.25, 0.3) is 0 Å². The molecule has 0 unspecified atom stereocenters. The maximum atomic E-state index is 11.3. The molecule has 98 valence electrons. The molecule has 0 heterocycles. The largest absolute Gasteiger partial charge is 0.375 e. The van der Waals surface area contributed by atoms with E-state index < -0.39 is 11.9 Å².